The molecule has 2 aromatic heterocycles. The summed E-state index contributed by atoms with van der Waals surface area (Å²) in [5.74, 6) is 1.74. The quantitative estimate of drug-likeness (QED) is 0.717. The third-order valence-electron chi connectivity index (χ3n) is 3.72. The van der Waals surface area contributed by atoms with Crippen molar-refractivity contribution in [3.8, 4) is 11.6 Å². The maximum Gasteiger partial charge on any atom is 0.246 e. The number of anilines is 2. The van der Waals surface area contributed by atoms with Gasteiger partial charge in [-0.3, -0.25) is 0 Å². The van der Waals surface area contributed by atoms with E-state index in [4.69, 9.17) is 9.47 Å². The summed E-state index contributed by atoms with van der Waals surface area (Å²) in [6.45, 7) is 3.03. The lowest BCUT2D eigenvalue weighted by Crippen LogP contribution is -2.03. The Kier molecular flexibility index (Phi) is 4.79. The molecule has 0 unspecified atom stereocenters. The first-order chi connectivity index (χ1) is 11.7. The van der Waals surface area contributed by atoms with Crippen LogP contribution in [0.25, 0.3) is 11.2 Å². The zero-order valence-corrected chi connectivity index (χ0v) is 14.1. The fraction of sp³-hybridized carbons (Fsp3) is 0.353. The molecule has 0 atom stereocenters. The molecule has 3 aromatic rings. The third-order valence-corrected chi connectivity index (χ3v) is 3.72. The van der Waals surface area contributed by atoms with Gasteiger partial charge in [-0.1, -0.05) is 13.3 Å². The van der Waals surface area contributed by atoms with Gasteiger partial charge in [0.15, 0.2) is 11.2 Å². The van der Waals surface area contributed by atoms with Crippen molar-refractivity contribution in [2.75, 3.05) is 19.5 Å². The average Bonchev–Trinajstić information content (AvgIpc) is 3.03. The van der Waals surface area contributed by atoms with Gasteiger partial charge in [-0.05, 0) is 30.7 Å². The molecule has 0 aliphatic rings. The number of hydrogen-bond donors (Lipinski definition) is 1. The first-order valence-electron chi connectivity index (χ1n) is 7.93. The largest absolute Gasteiger partial charge is 0.497 e. The van der Waals surface area contributed by atoms with E-state index in [2.05, 4.69) is 27.2 Å². The van der Waals surface area contributed by atoms with Crippen LogP contribution in [0, 0.1) is 0 Å². The van der Waals surface area contributed by atoms with Crippen molar-refractivity contribution >= 4 is 22.8 Å². The molecule has 0 aliphatic heterocycles. The molecule has 0 radical (unpaired) electrons. The van der Waals surface area contributed by atoms with Crippen LogP contribution in [0.3, 0.4) is 0 Å². The maximum absolute atomic E-state index is 5.37. The lowest BCUT2D eigenvalue weighted by Gasteiger charge is -2.09. The topological polar surface area (TPSA) is 74.1 Å². The summed E-state index contributed by atoms with van der Waals surface area (Å²) in [7, 11) is 3.23. The van der Waals surface area contributed by atoms with Crippen LogP contribution < -0.4 is 14.8 Å². The summed E-state index contributed by atoms with van der Waals surface area (Å²) < 4.78 is 12.6. The first-order valence-corrected chi connectivity index (χ1v) is 7.93. The molecule has 2 heterocycles. The number of nitrogens with zero attached hydrogens (tertiary/aromatic N) is 4. The van der Waals surface area contributed by atoms with Gasteiger partial charge in [0.1, 0.15) is 5.75 Å². The van der Waals surface area contributed by atoms with E-state index in [-0.39, 0.29) is 0 Å². The SMILES string of the molecule is CCCCn1cnc2c(OC)nc(Nc3ccc(OC)cc3)nc21. The summed E-state index contributed by atoms with van der Waals surface area (Å²) in [6.07, 6.45) is 3.96. The molecule has 7 heteroatoms. The highest BCUT2D eigenvalue weighted by atomic mass is 16.5. The molecule has 0 bridgehead atoms. The van der Waals surface area contributed by atoms with Crippen molar-refractivity contribution in [3.63, 3.8) is 0 Å². The Labute approximate surface area is 140 Å². The Morgan fingerprint density at radius 2 is 1.88 bits per heavy atom. The van der Waals surface area contributed by atoms with E-state index in [0.717, 1.165) is 36.5 Å². The van der Waals surface area contributed by atoms with E-state index in [1.54, 1.807) is 20.5 Å². The van der Waals surface area contributed by atoms with E-state index in [1.165, 1.54) is 0 Å². The number of methoxy groups -OCH3 is 2. The highest BCUT2D eigenvalue weighted by molar-refractivity contribution is 5.78. The normalized spacial score (nSPS) is 10.8. The molecule has 24 heavy (non-hydrogen) atoms. The summed E-state index contributed by atoms with van der Waals surface area (Å²) in [4.78, 5) is 13.4. The number of ether oxygens (including phenoxy) is 2. The Hall–Kier alpha value is -2.83. The fourth-order valence-electron chi connectivity index (χ4n) is 2.41. The van der Waals surface area contributed by atoms with E-state index in [0.29, 0.717) is 17.3 Å². The van der Waals surface area contributed by atoms with Crippen molar-refractivity contribution in [3.05, 3.63) is 30.6 Å². The smallest absolute Gasteiger partial charge is 0.246 e. The van der Waals surface area contributed by atoms with Gasteiger partial charge < -0.3 is 19.4 Å². The Bertz CT molecular complexity index is 814. The molecule has 0 aliphatic carbocycles. The van der Waals surface area contributed by atoms with Crippen LogP contribution in [0.15, 0.2) is 30.6 Å². The molecule has 0 amide bonds. The minimum Gasteiger partial charge on any atom is -0.497 e. The Balaban J connectivity index is 1.94. The minimum atomic E-state index is 0.464. The van der Waals surface area contributed by atoms with Gasteiger partial charge in [0, 0.05) is 12.2 Å². The molecular weight excluding hydrogens is 306 g/mol. The van der Waals surface area contributed by atoms with Gasteiger partial charge in [-0.25, -0.2) is 4.98 Å². The minimum absolute atomic E-state index is 0.464. The van der Waals surface area contributed by atoms with Crippen molar-refractivity contribution in [2.24, 2.45) is 0 Å². The van der Waals surface area contributed by atoms with E-state index < -0.39 is 0 Å². The van der Waals surface area contributed by atoms with Crippen LogP contribution in [0.5, 0.6) is 11.6 Å². The number of aromatic nitrogens is 4. The predicted molar refractivity (Wildman–Crippen MR) is 93.1 cm³/mol. The summed E-state index contributed by atoms with van der Waals surface area (Å²) >= 11 is 0. The lowest BCUT2D eigenvalue weighted by atomic mass is 10.3. The molecule has 126 valence electrons. The number of nitrogens with one attached hydrogen (secondary N) is 1. The molecular formula is C17H21N5O2. The number of imidazole rings is 1. The fourth-order valence-corrected chi connectivity index (χ4v) is 2.41. The number of fused-ring (bicyclic) bond motifs is 1. The standard InChI is InChI=1S/C17H21N5O2/c1-4-5-10-22-11-18-14-15(22)20-17(21-16(14)24-3)19-12-6-8-13(23-2)9-7-12/h6-9,11H,4-5,10H2,1-3H3,(H,19,20,21). The molecule has 0 saturated carbocycles. The van der Waals surface area contributed by atoms with Gasteiger partial charge in [0.2, 0.25) is 11.8 Å². The highest BCUT2D eigenvalue weighted by Crippen LogP contribution is 2.25. The maximum atomic E-state index is 5.37. The van der Waals surface area contributed by atoms with E-state index in [9.17, 15) is 0 Å². The van der Waals surface area contributed by atoms with Crippen LogP contribution in [0.1, 0.15) is 19.8 Å². The molecule has 1 N–H and O–H groups in total. The van der Waals surface area contributed by atoms with Crippen molar-refractivity contribution < 1.29 is 9.47 Å². The molecule has 7 nitrogen and oxygen atoms in total. The number of benzene rings is 1. The summed E-state index contributed by atoms with van der Waals surface area (Å²) in [5, 5.41) is 3.20. The van der Waals surface area contributed by atoms with Gasteiger partial charge in [-0.15, -0.1) is 0 Å². The van der Waals surface area contributed by atoms with Crippen LogP contribution >= 0.6 is 0 Å². The molecule has 0 spiro atoms. The zero-order chi connectivity index (χ0) is 16.9. The van der Waals surface area contributed by atoms with Crippen LogP contribution in [-0.2, 0) is 6.54 Å². The van der Waals surface area contributed by atoms with Crippen LogP contribution in [0.2, 0.25) is 0 Å². The predicted octanol–water partition coefficient (Wildman–Crippen LogP) is 3.39. The second-order valence-electron chi connectivity index (χ2n) is 5.37. The number of rotatable bonds is 7. The monoisotopic (exact) mass is 327 g/mol. The highest BCUT2D eigenvalue weighted by Gasteiger charge is 2.14. The van der Waals surface area contributed by atoms with E-state index >= 15 is 0 Å². The van der Waals surface area contributed by atoms with Gasteiger partial charge in [-0.2, -0.15) is 9.97 Å². The van der Waals surface area contributed by atoms with Crippen LogP contribution in [0.4, 0.5) is 11.6 Å². The molecule has 0 fully saturated rings. The van der Waals surface area contributed by atoms with Crippen molar-refractivity contribution in [1.29, 1.82) is 0 Å². The van der Waals surface area contributed by atoms with Gasteiger partial charge >= 0.3 is 0 Å². The second-order valence-corrected chi connectivity index (χ2v) is 5.37. The Morgan fingerprint density at radius 1 is 1.08 bits per heavy atom. The van der Waals surface area contributed by atoms with Crippen LogP contribution in [-0.4, -0.2) is 33.7 Å². The molecule has 1 aromatic carbocycles. The first kappa shape index (κ1) is 16.0. The second kappa shape index (κ2) is 7.16. The van der Waals surface area contributed by atoms with Gasteiger partial charge in [0.05, 0.1) is 20.5 Å². The summed E-state index contributed by atoms with van der Waals surface area (Å²) in [6, 6.07) is 7.58. The number of unbranched alkanes of at least 4 members (excludes halogenated alkanes) is 1. The average molecular weight is 327 g/mol. The Morgan fingerprint density at radius 3 is 2.54 bits per heavy atom. The number of aryl methyl sites for hydroxylation is 1. The summed E-state index contributed by atoms with van der Waals surface area (Å²) in [5.41, 5.74) is 2.32. The molecule has 3 rings (SSSR count). The van der Waals surface area contributed by atoms with Gasteiger partial charge in [0.25, 0.3) is 0 Å². The zero-order valence-electron chi connectivity index (χ0n) is 14.1. The molecule has 0 saturated heterocycles. The lowest BCUT2D eigenvalue weighted by molar-refractivity contribution is 0.402. The van der Waals surface area contributed by atoms with Crippen molar-refractivity contribution in [2.45, 2.75) is 26.3 Å². The third kappa shape index (κ3) is 3.24. The van der Waals surface area contributed by atoms with Crippen molar-refractivity contribution in [1.82, 2.24) is 19.5 Å². The van der Waals surface area contributed by atoms with E-state index in [1.807, 2.05) is 28.8 Å². The number of hydrogen-bond acceptors (Lipinski definition) is 6.